The Hall–Kier alpha value is -2.00. The first kappa shape index (κ1) is 26.0. The average Bonchev–Trinajstić information content (AvgIpc) is 2.71. The minimum atomic E-state index is -0.0385. The maximum atomic E-state index is 12.1. The van der Waals surface area contributed by atoms with Gasteiger partial charge in [0.1, 0.15) is 11.9 Å². The van der Waals surface area contributed by atoms with Crippen LogP contribution in [0.25, 0.3) is 0 Å². The van der Waals surface area contributed by atoms with Crippen LogP contribution in [0.15, 0.2) is 53.5 Å². The van der Waals surface area contributed by atoms with Crippen molar-refractivity contribution >= 4 is 47.4 Å². The summed E-state index contributed by atoms with van der Waals surface area (Å²) >= 11 is 5.89. The maximum absolute atomic E-state index is 12.1. The number of amides is 1. The fourth-order valence-electron chi connectivity index (χ4n) is 2.69. The minimum Gasteiger partial charge on any atom is -0.489 e. The van der Waals surface area contributed by atoms with Crippen molar-refractivity contribution < 1.29 is 9.53 Å². The van der Waals surface area contributed by atoms with Crippen LogP contribution in [0.2, 0.25) is 5.02 Å². The quantitative estimate of drug-likeness (QED) is 0.301. The molecule has 0 aliphatic rings. The monoisotopic (exact) mass is 544 g/mol. The molecule has 0 saturated heterocycles. The minimum absolute atomic E-state index is 0. The second-order valence-electron chi connectivity index (χ2n) is 6.91. The molecule has 2 N–H and O–H groups in total. The van der Waals surface area contributed by atoms with Gasteiger partial charge in [-0.2, -0.15) is 0 Å². The molecular formula is C22H30ClIN4O2. The van der Waals surface area contributed by atoms with Crippen LogP contribution >= 0.6 is 35.6 Å². The molecule has 164 valence electrons. The lowest BCUT2D eigenvalue weighted by atomic mass is 10.1. The van der Waals surface area contributed by atoms with E-state index < -0.39 is 0 Å². The topological polar surface area (TPSA) is 66.0 Å². The highest BCUT2D eigenvalue weighted by atomic mass is 127. The molecule has 0 saturated carbocycles. The number of aliphatic imine (C=N–C) groups is 1. The van der Waals surface area contributed by atoms with Gasteiger partial charge in [0.2, 0.25) is 0 Å². The Kier molecular flexibility index (Phi) is 11.6. The summed E-state index contributed by atoms with van der Waals surface area (Å²) in [6.07, 6.45) is 0.745. The van der Waals surface area contributed by atoms with Crippen molar-refractivity contribution in [3.63, 3.8) is 0 Å². The zero-order valence-electron chi connectivity index (χ0n) is 17.8. The van der Waals surface area contributed by atoms with Gasteiger partial charge in [0.05, 0.1) is 6.54 Å². The number of carbonyl (C=O) groups excluding carboxylic acids is 1. The van der Waals surface area contributed by atoms with Gasteiger partial charge in [0.15, 0.2) is 5.96 Å². The van der Waals surface area contributed by atoms with Gasteiger partial charge in [0, 0.05) is 38.3 Å². The Morgan fingerprint density at radius 1 is 1.17 bits per heavy atom. The number of guanidine groups is 1. The summed E-state index contributed by atoms with van der Waals surface area (Å²) in [4.78, 5) is 17.9. The number of hydrogen-bond donors (Lipinski definition) is 2. The Bertz CT molecular complexity index is 828. The molecule has 8 heteroatoms. The Balaban J connectivity index is 0.00000450. The fraction of sp³-hybridized carbons (Fsp3) is 0.364. The van der Waals surface area contributed by atoms with E-state index >= 15 is 0 Å². The molecular weight excluding hydrogens is 515 g/mol. The van der Waals surface area contributed by atoms with Crippen LogP contribution in [0.5, 0.6) is 5.75 Å². The third-order valence-corrected chi connectivity index (χ3v) is 4.47. The molecule has 0 aromatic heterocycles. The lowest BCUT2D eigenvalue weighted by Crippen LogP contribution is -2.42. The third kappa shape index (κ3) is 8.79. The van der Waals surface area contributed by atoms with Crippen molar-refractivity contribution in [1.29, 1.82) is 0 Å². The first-order valence-corrected chi connectivity index (χ1v) is 9.94. The normalized spacial score (nSPS) is 11.8. The zero-order chi connectivity index (χ0) is 21.2. The molecule has 2 aromatic carbocycles. The smallest absolute Gasteiger partial charge is 0.253 e. The summed E-state index contributed by atoms with van der Waals surface area (Å²) in [5.41, 5.74) is 1.79. The van der Waals surface area contributed by atoms with Crippen molar-refractivity contribution in [2.75, 3.05) is 34.2 Å². The van der Waals surface area contributed by atoms with E-state index in [0.717, 1.165) is 17.7 Å². The van der Waals surface area contributed by atoms with Gasteiger partial charge < -0.3 is 20.3 Å². The molecule has 30 heavy (non-hydrogen) atoms. The first-order valence-electron chi connectivity index (χ1n) is 9.56. The average molecular weight is 545 g/mol. The number of rotatable bonds is 8. The van der Waals surface area contributed by atoms with E-state index in [1.165, 1.54) is 0 Å². The SMILES string of the molecule is CN=C(NCCc1cccc(C(=O)N(C)C)c1)NCC(C)Oc1ccc(Cl)cc1.I. The van der Waals surface area contributed by atoms with Crippen LogP contribution in [0, 0.1) is 0 Å². The van der Waals surface area contributed by atoms with E-state index in [2.05, 4.69) is 15.6 Å². The van der Waals surface area contributed by atoms with Crippen molar-refractivity contribution in [3.05, 3.63) is 64.7 Å². The van der Waals surface area contributed by atoms with Crippen molar-refractivity contribution in [1.82, 2.24) is 15.5 Å². The first-order chi connectivity index (χ1) is 13.9. The highest BCUT2D eigenvalue weighted by Crippen LogP contribution is 2.16. The summed E-state index contributed by atoms with van der Waals surface area (Å²) in [5, 5.41) is 7.23. The second-order valence-corrected chi connectivity index (χ2v) is 7.35. The Labute approximate surface area is 201 Å². The van der Waals surface area contributed by atoms with Crippen LogP contribution < -0.4 is 15.4 Å². The molecule has 0 fully saturated rings. The number of hydrogen-bond acceptors (Lipinski definition) is 3. The number of halogens is 2. The standard InChI is InChI=1S/C22H29ClN4O2.HI/c1-16(29-20-10-8-19(23)9-11-20)15-26-22(24-2)25-13-12-17-6-5-7-18(14-17)21(28)27(3)4;/h5-11,14,16H,12-13,15H2,1-4H3,(H2,24,25,26);1H. The van der Waals surface area contributed by atoms with Gasteiger partial charge >= 0.3 is 0 Å². The van der Waals surface area contributed by atoms with Gasteiger partial charge in [-0.15, -0.1) is 24.0 Å². The van der Waals surface area contributed by atoms with Crippen LogP contribution in [-0.2, 0) is 6.42 Å². The fourth-order valence-corrected chi connectivity index (χ4v) is 2.82. The van der Waals surface area contributed by atoms with E-state index in [-0.39, 0.29) is 36.0 Å². The van der Waals surface area contributed by atoms with Crippen LogP contribution in [-0.4, -0.2) is 57.1 Å². The van der Waals surface area contributed by atoms with Crippen LogP contribution in [0.4, 0.5) is 0 Å². The number of ether oxygens (including phenoxy) is 1. The molecule has 0 spiro atoms. The van der Waals surface area contributed by atoms with Crippen molar-refractivity contribution in [2.45, 2.75) is 19.4 Å². The molecule has 0 heterocycles. The van der Waals surface area contributed by atoms with Crippen LogP contribution in [0.3, 0.4) is 0 Å². The van der Waals surface area contributed by atoms with Crippen LogP contribution in [0.1, 0.15) is 22.8 Å². The lowest BCUT2D eigenvalue weighted by Gasteiger charge is -2.18. The number of benzene rings is 2. The van der Waals surface area contributed by atoms with E-state index in [9.17, 15) is 4.79 Å². The van der Waals surface area contributed by atoms with E-state index in [0.29, 0.717) is 29.6 Å². The van der Waals surface area contributed by atoms with E-state index in [1.807, 2.05) is 43.3 Å². The highest BCUT2D eigenvalue weighted by Gasteiger charge is 2.09. The van der Waals surface area contributed by atoms with Gasteiger partial charge in [0.25, 0.3) is 5.91 Å². The Morgan fingerprint density at radius 2 is 1.87 bits per heavy atom. The van der Waals surface area contributed by atoms with Gasteiger partial charge in [-0.05, 0) is 55.3 Å². The predicted octanol–water partition coefficient (Wildman–Crippen LogP) is 3.83. The zero-order valence-corrected chi connectivity index (χ0v) is 20.9. The Morgan fingerprint density at radius 3 is 2.50 bits per heavy atom. The molecule has 0 aliphatic heterocycles. The third-order valence-electron chi connectivity index (χ3n) is 4.22. The molecule has 2 aromatic rings. The summed E-state index contributed by atoms with van der Waals surface area (Å²) < 4.78 is 5.85. The van der Waals surface area contributed by atoms with E-state index in [4.69, 9.17) is 16.3 Å². The summed E-state index contributed by atoms with van der Waals surface area (Å²) in [6.45, 7) is 3.29. The largest absolute Gasteiger partial charge is 0.489 e. The summed E-state index contributed by atoms with van der Waals surface area (Å²) in [6, 6.07) is 15.0. The predicted molar refractivity (Wildman–Crippen MR) is 134 cm³/mol. The van der Waals surface area contributed by atoms with E-state index in [1.54, 1.807) is 38.2 Å². The molecule has 0 bridgehead atoms. The second kappa shape index (κ2) is 13.3. The van der Waals surface area contributed by atoms with Crippen molar-refractivity contribution in [2.24, 2.45) is 4.99 Å². The van der Waals surface area contributed by atoms with Crippen molar-refractivity contribution in [3.8, 4) is 5.75 Å². The summed E-state index contributed by atoms with van der Waals surface area (Å²) in [7, 11) is 5.24. The molecule has 1 amide bonds. The molecule has 1 unspecified atom stereocenters. The molecule has 0 radical (unpaired) electrons. The summed E-state index contributed by atoms with van der Waals surface area (Å²) in [5.74, 6) is 1.49. The van der Waals surface area contributed by atoms with Gasteiger partial charge in [-0.1, -0.05) is 23.7 Å². The van der Waals surface area contributed by atoms with Gasteiger partial charge in [-0.3, -0.25) is 9.79 Å². The molecule has 1 atom stereocenters. The maximum Gasteiger partial charge on any atom is 0.253 e. The highest BCUT2D eigenvalue weighted by molar-refractivity contribution is 14.0. The molecule has 6 nitrogen and oxygen atoms in total. The lowest BCUT2D eigenvalue weighted by molar-refractivity contribution is 0.0827. The molecule has 0 aliphatic carbocycles. The number of nitrogens with one attached hydrogen (secondary N) is 2. The number of carbonyl (C=O) groups is 1. The number of nitrogens with zero attached hydrogens (tertiary/aromatic N) is 2. The molecule has 2 rings (SSSR count). The van der Waals surface area contributed by atoms with Gasteiger partial charge in [-0.25, -0.2) is 0 Å².